The molecule has 1 rings (SSSR count). The summed E-state index contributed by atoms with van der Waals surface area (Å²) in [5.41, 5.74) is 8.15. The van der Waals surface area contributed by atoms with Crippen LogP contribution >= 0.6 is 0 Å². The predicted molar refractivity (Wildman–Crippen MR) is 65.9 cm³/mol. The van der Waals surface area contributed by atoms with Crippen LogP contribution in [0.15, 0.2) is 30.3 Å². The molecule has 0 aromatic heterocycles. The average molecular weight is 248 g/mol. The van der Waals surface area contributed by atoms with Crippen LogP contribution in [-0.4, -0.2) is 27.2 Å². The van der Waals surface area contributed by atoms with Crippen LogP contribution in [0.4, 0.5) is 0 Å². The summed E-state index contributed by atoms with van der Waals surface area (Å²) in [5, 5.41) is 9.96. The highest BCUT2D eigenvalue weighted by molar-refractivity contribution is 6.35. The molecule has 5 heteroatoms. The molecule has 0 fully saturated rings. The second-order valence-corrected chi connectivity index (χ2v) is 4.80. The molecule has 0 aliphatic rings. The van der Waals surface area contributed by atoms with Gasteiger partial charge in [0.25, 0.3) is 0 Å². The van der Waals surface area contributed by atoms with Crippen molar-refractivity contribution in [1.29, 1.82) is 0 Å². The molecule has 0 spiro atoms. The van der Waals surface area contributed by atoms with Crippen molar-refractivity contribution in [2.24, 2.45) is 0 Å². The summed E-state index contributed by atoms with van der Waals surface area (Å²) in [4.78, 5) is 14.6. The Balaban J connectivity index is 2.92. The zero-order chi connectivity index (χ0) is 13.8. The molecule has 1 N–H and O–H groups in total. The number of benzene rings is 1. The molecule has 0 saturated carbocycles. The van der Waals surface area contributed by atoms with Crippen molar-refractivity contribution in [3.63, 3.8) is 0 Å². The van der Waals surface area contributed by atoms with E-state index in [1.807, 2.05) is 0 Å². The molecular formula is C13H16N2O3. The lowest BCUT2D eigenvalue weighted by atomic mass is 10.1. The number of rotatable bonds is 3. The molecule has 1 unspecified atom stereocenters. The number of carbonyl (C=O) groups excluding carboxylic acids is 1. The fourth-order valence-corrected chi connectivity index (χ4v) is 1.33. The van der Waals surface area contributed by atoms with Gasteiger partial charge in [0.1, 0.15) is 5.60 Å². The molecule has 0 aliphatic heterocycles. The highest BCUT2D eigenvalue weighted by Crippen LogP contribution is 2.16. The van der Waals surface area contributed by atoms with Crippen LogP contribution in [0.3, 0.4) is 0 Å². The van der Waals surface area contributed by atoms with Gasteiger partial charge in [0, 0.05) is 0 Å². The molecule has 0 bridgehead atoms. The second kappa shape index (κ2) is 5.58. The monoisotopic (exact) mass is 248 g/mol. The summed E-state index contributed by atoms with van der Waals surface area (Å²) in [6.45, 7) is 5.07. The molecule has 1 aromatic carbocycles. The van der Waals surface area contributed by atoms with Crippen molar-refractivity contribution in [2.45, 2.75) is 32.5 Å². The van der Waals surface area contributed by atoms with E-state index in [1.54, 1.807) is 51.1 Å². The van der Waals surface area contributed by atoms with Gasteiger partial charge < -0.3 is 15.4 Å². The Kier molecular flexibility index (Phi) is 4.37. The number of hydrogen-bond acceptors (Lipinski definition) is 3. The second-order valence-electron chi connectivity index (χ2n) is 4.80. The third-order valence-corrected chi connectivity index (χ3v) is 2.09. The van der Waals surface area contributed by atoms with E-state index in [4.69, 9.17) is 10.3 Å². The lowest BCUT2D eigenvalue weighted by Gasteiger charge is -2.18. The maximum Gasteiger partial charge on any atom is 0.420 e. The maximum atomic E-state index is 11.7. The normalized spacial score (nSPS) is 12.4. The summed E-state index contributed by atoms with van der Waals surface area (Å²) in [6, 6.07) is 8.45. The zero-order valence-corrected chi connectivity index (χ0v) is 10.6. The largest absolute Gasteiger partial charge is 0.451 e. The summed E-state index contributed by atoms with van der Waals surface area (Å²) in [7, 11) is 0. The van der Waals surface area contributed by atoms with Gasteiger partial charge in [0.2, 0.25) is 0 Å². The van der Waals surface area contributed by atoms with Crippen molar-refractivity contribution in [3.8, 4) is 0 Å². The third kappa shape index (κ3) is 3.80. The van der Waals surface area contributed by atoms with Gasteiger partial charge in [-0.1, -0.05) is 30.3 Å². The SMILES string of the molecule is CC(C)(C)OC(=O)C(=[N+]=[N-])C(O)c1ccccc1. The fraction of sp³-hybridized carbons (Fsp3) is 0.385. The Bertz CT molecular complexity index is 471. The first-order valence-corrected chi connectivity index (χ1v) is 5.53. The van der Waals surface area contributed by atoms with Crippen LogP contribution in [-0.2, 0) is 9.53 Å². The number of nitrogens with zero attached hydrogens (tertiary/aromatic N) is 2. The summed E-state index contributed by atoms with van der Waals surface area (Å²) < 4.78 is 5.04. The Labute approximate surface area is 106 Å². The van der Waals surface area contributed by atoms with E-state index >= 15 is 0 Å². The minimum absolute atomic E-state index is 0.434. The first-order valence-electron chi connectivity index (χ1n) is 5.53. The molecular weight excluding hydrogens is 232 g/mol. The van der Waals surface area contributed by atoms with Gasteiger partial charge in [-0.05, 0) is 26.3 Å². The maximum absolute atomic E-state index is 11.7. The molecule has 0 heterocycles. The van der Waals surface area contributed by atoms with Crippen molar-refractivity contribution in [1.82, 2.24) is 0 Å². The molecule has 1 atom stereocenters. The zero-order valence-electron chi connectivity index (χ0n) is 10.6. The van der Waals surface area contributed by atoms with Gasteiger partial charge in [-0.2, -0.15) is 4.79 Å². The van der Waals surface area contributed by atoms with Crippen molar-refractivity contribution >= 4 is 11.7 Å². The highest BCUT2D eigenvalue weighted by Gasteiger charge is 2.34. The topological polar surface area (TPSA) is 82.9 Å². The first kappa shape index (κ1) is 14.1. The van der Waals surface area contributed by atoms with Gasteiger partial charge in [0.15, 0.2) is 6.10 Å². The summed E-state index contributed by atoms with van der Waals surface area (Å²) in [5.74, 6) is -0.846. The van der Waals surface area contributed by atoms with Gasteiger partial charge >= 0.3 is 11.7 Å². The van der Waals surface area contributed by atoms with E-state index in [-0.39, 0.29) is 0 Å². The Morgan fingerprint density at radius 1 is 1.33 bits per heavy atom. The van der Waals surface area contributed by atoms with E-state index in [0.717, 1.165) is 0 Å². The molecule has 18 heavy (non-hydrogen) atoms. The standard InChI is InChI=1S/C13H16N2O3/c1-13(2,3)18-12(17)10(15-14)11(16)9-7-5-4-6-8-9/h4-8,11,16H,1-3H3. The number of carbonyl (C=O) groups is 1. The molecule has 96 valence electrons. The van der Waals surface area contributed by atoms with E-state index < -0.39 is 23.4 Å². The Hall–Kier alpha value is -1.97. The number of esters is 1. The van der Waals surface area contributed by atoms with Crippen molar-refractivity contribution < 1.29 is 19.4 Å². The number of hydrogen-bond donors (Lipinski definition) is 1. The lowest BCUT2D eigenvalue weighted by Crippen LogP contribution is -2.32. The quantitative estimate of drug-likeness (QED) is 0.382. The lowest BCUT2D eigenvalue weighted by molar-refractivity contribution is -0.152. The van der Waals surface area contributed by atoms with E-state index in [1.165, 1.54) is 0 Å². The predicted octanol–water partition coefficient (Wildman–Crippen LogP) is 1.73. The minimum atomic E-state index is -1.31. The van der Waals surface area contributed by atoms with Crippen LogP contribution in [0.2, 0.25) is 0 Å². The van der Waals surface area contributed by atoms with Gasteiger partial charge in [-0.3, -0.25) is 0 Å². The highest BCUT2D eigenvalue weighted by atomic mass is 16.6. The minimum Gasteiger partial charge on any atom is -0.451 e. The van der Waals surface area contributed by atoms with Gasteiger partial charge in [-0.25, -0.2) is 4.79 Å². The summed E-state index contributed by atoms with van der Waals surface area (Å²) >= 11 is 0. The van der Waals surface area contributed by atoms with Crippen LogP contribution < -0.4 is 0 Å². The smallest absolute Gasteiger partial charge is 0.420 e. The Morgan fingerprint density at radius 2 is 1.89 bits per heavy atom. The van der Waals surface area contributed by atoms with Crippen molar-refractivity contribution in [2.75, 3.05) is 0 Å². The van der Waals surface area contributed by atoms with E-state index in [0.29, 0.717) is 5.56 Å². The van der Waals surface area contributed by atoms with E-state index in [2.05, 4.69) is 4.79 Å². The summed E-state index contributed by atoms with van der Waals surface area (Å²) in [6.07, 6.45) is -1.31. The fourth-order valence-electron chi connectivity index (χ4n) is 1.33. The Morgan fingerprint density at radius 3 is 2.33 bits per heavy atom. The molecule has 5 nitrogen and oxygen atoms in total. The number of ether oxygens (including phenoxy) is 1. The molecule has 1 aromatic rings. The number of aliphatic hydroxyl groups excluding tert-OH is 1. The molecule has 0 radical (unpaired) electrons. The van der Waals surface area contributed by atoms with Crippen LogP contribution in [0, 0.1) is 0 Å². The molecule has 0 amide bonds. The van der Waals surface area contributed by atoms with Gasteiger partial charge in [0.05, 0.1) is 0 Å². The first-order chi connectivity index (χ1) is 8.35. The van der Waals surface area contributed by atoms with Crippen LogP contribution in [0.5, 0.6) is 0 Å². The third-order valence-electron chi connectivity index (χ3n) is 2.09. The van der Waals surface area contributed by atoms with E-state index in [9.17, 15) is 9.90 Å². The average Bonchev–Trinajstić information content (AvgIpc) is 2.28. The van der Waals surface area contributed by atoms with Gasteiger partial charge in [-0.15, -0.1) is 0 Å². The number of aliphatic hydroxyl groups is 1. The molecule has 0 aliphatic carbocycles. The van der Waals surface area contributed by atoms with Crippen LogP contribution in [0.25, 0.3) is 5.53 Å². The van der Waals surface area contributed by atoms with Crippen molar-refractivity contribution in [3.05, 3.63) is 41.4 Å². The molecule has 0 saturated heterocycles. The van der Waals surface area contributed by atoms with Crippen LogP contribution in [0.1, 0.15) is 32.4 Å².